The monoisotopic (exact) mass is 418 g/mol. The predicted octanol–water partition coefficient (Wildman–Crippen LogP) is 4.00. The number of hydrogen-bond acceptors (Lipinski definition) is 5. The van der Waals surface area contributed by atoms with E-state index in [1.807, 2.05) is 48.5 Å². The second kappa shape index (κ2) is 9.71. The van der Waals surface area contributed by atoms with Gasteiger partial charge in [0.05, 0.1) is 11.8 Å². The van der Waals surface area contributed by atoms with Crippen molar-refractivity contribution in [2.75, 3.05) is 20.3 Å². The minimum atomic E-state index is -0.568. The fraction of sp³-hybridized carbons (Fsp3) is 0.320. The Morgan fingerprint density at radius 2 is 1.77 bits per heavy atom. The number of carbonyl (C=O) groups excluding carboxylic acids is 2. The number of methoxy groups -OCH3 is 1. The highest BCUT2D eigenvalue weighted by atomic mass is 16.6. The lowest BCUT2D eigenvalue weighted by Crippen LogP contribution is -2.34. The van der Waals surface area contributed by atoms with Crippen LogP contribution in [0.25, 0.3) is 6.08 Å². The molecular formula is C25H26N2O4. The molecule has 1 aliphatic heterocycles. The molecule has 1 saturated carbocycles. The van der Waals surface area contributed by atoms with Gasteiger partial charge in [-0.2, -0.15) is 5.10 Å². The van der Waals surface area contributed by atoms with Crippen LogP contribution >= 0.6 is 0 Å². The number of allylic oxidation sites excluding steroid dienone is 1. The molecule has 2 aromatic rings. The van der Waals surface area contributed by atoms with Gasteiger partial charge in [0.2, 0.25) is 0 Å². The van der Waals surface area contributed by atoms with E-state index >= 15 is 0 Å². The highest BCUT2D eigenvalue weighted by Crippen LogP contribution is 2.44. The molecule has 0 bridgehead atoms. The van der Waals surface area contributed by atoms with Gasteiger partial charge in [-0.15, -0.1) is 0 Å². The van der Waals surface area contributed by atoms with E-state index in [0.29, 0.717) is 0 Å². The first-order valence-electron chi connectivity index (χ1n) is 10.5. The molecule has 1 aliphatic carbocycles. The van der Waals surface area contributed by atoms with Crippen molar-refractivity contribution in [2.24, 2.45) is 11.0 Å². The number of fused-ring (bicyclic) bond motifs is 1. The average Bonchev–Trinajstić information content (AvgIpc) is 3.20. The molecule has 0 N–H and O–H groups in total. The molecule has 160 valence electrons. The first-order valence-corrected chi connectivity index (χ1v) is 10.5. The lowest BCUT2D eigenvalue weighted by atomic mass is 9.77. The Balaban J connectivity index is 1.64. The molecule has 6 nitrogen and oxygen atoms in total. The lowest BCUT2D eigenvalue weighted by molar-refractivity contribution is -0.155. The number of carbonyl (C=O) groups is 2. The van der Waals surface area contributed by atoms with Crippen molar-refractivity contribution in [3.05, 3.63) is 77.4 Å². The Morgan fingerprint density at radius 1 is 1.06 bits per heavy atom. The van der Waals surface area contributed by atoms with Crippen LogP contribution in [0.1, 0.15) is 36.4 Å². The molecule has 2 aromatic carbocycles. The van der Waals surface area contributed by atoms with Crippen molar-refractivity contribution in [1.29, 1.82) is 0 Å². The van der Waals surface area contributed by atoms with Crippen LogP contribution in [0.2, 0.25) is 0 Å². The van der Waals surface area contributed by atoms with Crippen LogP contribution in [0.5, 0.6) is 0 Å². The maximum Gasteiger partial charge on any atom is 0.332 e. The first kappa shape index (κ1) is 21.0. The Kier molecular flexibility index (Phi) is 6.57. The summed E-state index contributed by atoms with van der Waals surface area (Å²) in [6, 6.07) is 19.9. The summed E-state index contributed by atoms with van der Waals surface area (Å²) in [6.45, 7) is -0.538. The number of amides is 1. The quantitative estimate of drug-likeness (QED) is 0.665. The molecule has 1 heterocycles. The number of hydrogen-bond donors (Lipinski definition) is 0. The van der Waals surface area contributed by atoms with E-state index in [0.717, 1.165) is 41.7 Å². The van der Waals surface area contributed by atoms with Crippen LogP contribution in [0.4, 0.5) is 0 Å². The average molecular weight is 418 g/mol. The van der Waals surface area contributed by atoms with Gasteiger partial charge in [-0.25, -0.2) is 9.80 Å². The van der Waals surface area contributed by atoms with E-state index in [4.69, 9.17) is 14.6 Å². The fourth-order valence-corrected chi connectivity index (χ4v) is 4.31. The summed E-state index contributed by atoms with van der Waals surface area (Å²) in [5.41, 5.74) is 4.27. The minimum Gasteiger partial charge on any atom is -0.454 e. The third kappa shape index (κ3) is 4.75. The standard InChI is InChI=1S/C25H26N2O4/c1-30-17-23(29)31-16-22(28)27-25(19-11-6-3-7-12-19)21-14-8-13-20(24(21)26-27)15-18-9-4-2-5-10-18/h2-7,9-12,15,21,25H,8,13-14,16-17H2,1H3. The largest absolute Gasteiger partial charge is 0.454 e. The van der Waals surface area contributed by atoms with Crippen LogP contribution in [0, 0.1) is 5.92 Å². The molecule has 1 fully saturated rings. The van der Waals surface area contributed by atoms with Gasteiger partial charge >= 0.3 is 5.97 Å². The normalized spacial score (nSPS) is 21.5. The van der Waals surface area contributed by atoms with Crippen LogP contribution in [0.15, 0.2) is 71.3 Å². The molecule has 1 amide bonds. The van der Waals surface area contributed by atoms with E-state index in [2.05, 4.69) is 18.2 Å². The molecule has 0 radical (unpaired) electrons. The summed E-state index contributed by atoms with van der Waals surface area (Å²) in [5, 5.41) is 6.29. The van der Waals surface area contributed by atoms with Crippen LogP contribution < -0.4 is 0 Å². The van der Waals surface area contributed by atoms with Crippen molar-refractivity contribution < 1.29 is 19.1 Å². The summed E-state index contributed by atoms with van der Waals surface area (Å²) in [5.74, 6) is -0.787. The summed E-state index contributed by atoms with van der Waals surface area (Å²) in [7, 11) is 1.41. The van der Waals surface area contributed by atoms with Crippen molar-refractivity contribution in [3.63, 3.8) is 0 Å². The maximum atomic E-state index is 13.0. The number of ether oxygens (including phenoxy) is 2. The number of nitrogens with zero attached hydrogens (tertiary/aromatic N) is 2. The zero-order chi connectivity index (χ0) is 21.6. The maximum absolute atomic E-state index is 13.0. The van der Waals surface area contributed by atoms with Gasteiger partial charge in [-0.05, 0) is 42.0 Å². The van der Waals surface area contributed by atoms with Crippen molar-refractivity contribution >= 4 is 23.7 Å². The van der Waals surface area contributed by atoms with Crippen LogP contribution in [0.3, 0.4) is 0 Å². The van der Waals surface area contributed by atoms with E-state index in [-0.39, 0.29) is 31.1 Å². The molecule has 2 unspecified atom stereocenters. The molecule has 4 rings (SSSR count). The fourth-order valence-electron chi connectivity index (χ4n) is 4.31. The molecule has 31 heavy (non-hydrogen) atoms. The zero-order valence-electron chi connectivity index (χ0n) is 17.6. The van der Waals surface area contributed by atoms with E-state index in [1.54, 1.807) is 0 Å². The molecule has 0 aromatic heterocycles. The molecule has 6 heteroatoms. The van der Waals surface area contributed by atoms with Gasteiger partial charge in [-0.3, -0.25) is 4.79 Å². The molecule has 2 aliphatic rings. The SMILES string of the molecule is COCC(=O)OCC(=O)N1N=C2C(=Cc3ccccc3)CCCC2C1c1ccccc1. The molecule has 2 atom stereocenters. The zero-order valence-corrected chi connectivity index (χ0v) is 17.6. The van der Waals surface area contributed by atoms with Crippen LogP contribution in [-0.4, -0.2) is 42.9 Å². The van der Waals surface area contributed by atoms with Crippen LogP contribution in [-0.2, 0) is 19.1 Å². The Labute approximate surface area is 182 Å². The van der Waals surface area contributed by atoms with Gasteiger partial charge in [0, 0.05) is 13.0 Å². The summed E-state index contributed by atoms with van der Waals surface area (Å²) < 4.78 is 9.84. The Hall–Kier alpha value is -3.25. The highest BCUT2D eigenvalue weighted by Gasteiger charge is 2.43. The minimum absolute atomic E-state index is 0.115. The van der Waals surface area contributed by atoms with Gasteiger partial charge < -0.3 is 9.47 Å². The smallest absolute Gasteiger partial charge is 0.332 e. The Bertz CT molecular complexity index is 985. The number of benzene rings is 2. The molecular weight excluding hydrogens is 392 g/mol. The number of hydrazone groups is 1. The first-order chi connectivity index (χ1) is 15.2. The van der Waals surface area contributed by atoms with E-state index in [9.17, 15) is 9.59 Å². The van der Waals surface area contributed by atoms with Crippen molar-refractivity contribution in [1.82, 2.24) is 5.01 Å². The molecule has 0 saturated heterocycles. The second-order valence-electron chi connectivity index (χ2n) is 7.75. The summed E-state index contributed by atoms with van der Waals surface area (Å²) >= 11 is 0. The van der Waals surface area contributed by atoms with Gasteiger partial charge in [-0.1, -0.05) is 60.7 Å². The number of esters is 1. The van der Waals surface area contributed by atoms with Gasteiger partial charge in [0.25, 0.3) is 5.91 Å². The topological polar surface area (TPSA) is 68.2 Å². The Morgan fingerprint density at radius 3 is 2.48 bits per heavy atom. The molecule has 0 spiro atoms. The number of rotatable bonds is 6. The second-order valence-corrected chi connectivity index (χ2v) is 7.75. The third-order valence-electron chi connectivity index (χ3n) is 5.66. The van der Waals surface area contributed by atoms with Gasteiger partial charge in [0.1, 0.15) is 6.61 Å². The summed E-state index contributed by atoms with van der Waals surface area (Å²) in [4.78, 5) is 24.7. The van der Waals surface area contributed by atoms with Crippen molar-refractivity contribution in [2.45, 2.75) is 25.3 Å². The van der Waals surface area contributed by atoms with E-state index < -0.39 is 5.97 Å². The predicted molar refractivity (Wildman–Crippen MR) is 118 cm³/mol. The van der Waals surface area contributed by atoms with E-state index in [1.165, 1.54) is 12.1 Å². The third-order valence-corrected chi connectivity index (χ3v) is 5.66. The highest BCUT2D eigenvalue weighted by molar-refractivity contribution is 6.08. The van der Waals surface area contributed by atoms with Gasteiger partial charge in [0.15, 0.2) is 6.61 Å². The summed E-state index contributed by atoms with van der Waals surface area (Å²) in [6.07, 6.45) is 5.09. The lowest BCUT2D eigenvalue weighted by Gasteiger charge is -2.29. The van der Waals surface area contributed by atoms with Crippen molar-refractivity contribution in [3.8, 4) is 0 Å².